The standard InChI is InChI=1S/C21H18Cl2N2O3/c1-12-14-3-2-4-19(28-11-13-5-6-16(22)17(23)9-13)15(14)10-25(12)18-7-8-20(26)24-21(18)27/h2-6,9,18H,1,7-8,10-11H2,(H,24,26,27). The third-order valence-electron chi connectivity index (χ3n) is 5.08. The Labute approximate surface area is 172 Å². The normalized spacial score (nSPS) is 18.9. The second-order valence-electron chi connectivity index (χ2n) is 6.86. The molecule has 4 rings (SSSR count). The summed E-state index contributed by atoms with van der Waals surface area (Å²) in [5.74, 6) is 0.234. The number of piperidine rings is 1. The number of rotatable bonds is 4. The highest BCUT2D eigenvalue weighted by atomic mass is 35.5. The Kier molecular flexibility index (Phi) is 5.04. The third kappa shape index (κ3) is 3.48. The SMILES string of the molecule is C=C1c2cccc(OCc3ccc(Cl)c(Cl)c3)c2CN1C1CCC(=O)NC1=O. The van der Waals surface area contributed by atoms with Gasteiger partial charge in [-0.05, 0) is 30.2 Å². The number of benzene rings is 2. The van der Waals surface area contributed by atoms with Crippen LogP contribution in [-0.4, -0.2) is 22.8 Å². The number of carbonyl (C=O) groups excluding carboxylic acids is 2. The second-order valence-corrected chi connectivity index (χ2v) is 7.68. The number of hydrogen-bond donors (Lipinski definition) is 1. The highest BCUT2D eigenvalue weighted by molar-refractivity contribution is 6.42. The van der Waals surface area contributed by atoms with Crippen LogP contribution in [0.4, 0.5) is 0 Å². The largest absolute Gasteiger partial charge is 0.489 e. The maximum absolute atomic E-state index is 12.3. The molecule has 144 valence electrons. The highest BCUT2D eigenvalue weighted by Crippen LogP contribution is 2.39. The van der Waals surface area contributed by atoms with Gasteiger partial charge in [0, 0.05) is 29.8 Å². The molecule has 1 fully saturated rings. The summed E-state index contributed by atoms with van der Waals surface area (Å²) in [6, 6.07) is 10.8. The minimum atomic E-state index is -0.402. The van der Waals surface area contributed by atoms with Crippen molar-refractivity contribution in [2.24, 2.45) is 0 Å². The molecule has 2 amide bonds. The van der Waals surface area contributed by atoms with Gasteiger partial charge in [-0.3, -0.25) is 14.9 Å². The average molecular weight is 417 g/mol. The van der Waals surface area contributed by atoms with Crippen LogP contribution in [0.5, 0.6) is 5.75 Å². The van der Waals surface area contributed by atoms with E-state index < -0.39 is 6.04 Å². The van der Waals surface area contributed by atoms with Crippen LogP contribution in [0, 0.1) is 0 Å². The first-order valence-electron chi connectivity index (χ1n) is 8.92. The van der Waals surface area contributed by atoms with Crippen molar-refractivity contribution in [3.8, 4) is 5.75 Å². The number of imide groups is 1. The Morgan fingerprint density at radius 2 is 2.00 bits per heavy atom. The smallest absolute Gasteiger partial charge is 0.249 e. The molecule has 0 aromatic heterocycles. The van der Waals surface area contributed by atoms with Crippen LogP contribution in [0.2, 0.25) is 10.0 Å². The molecule has 1 atom stereocenters. The summed E-state index contributed by atoms with van der Waals surface area (Å²) in [6.07, 6.45) is 0.814. The second kappa shape index (κ2) is 7.49. The predicted molar refractivity (Wildman–Crippen MR) is 108 cm³/mol. The summed E-state index contributed by atoms with van der Waals surface area (Å²) in [4.78, 5) is 25.7. The van der Waals surface area contributed by atoms with Gasteiger partial charge in [0.05, 0.1) is 10.0 Å². The summed E-state index contributed by atoms with van der Waals surface area (Å²) in [5.41, 5.74) is 3.61. The van der Waals surface area contributed by atoms with Crippen molar-refractivity contribution in [3.05, 3.63) is 69.7 Å². The Bertz CT molecular complexity index is 990. The molecule has 0 aliphatic carbocycles. The third-order valence-corrected chi connectivity index (χ3v) is 5.82. The number of nitrogens with zero attached hydrogens (tertiary/aromatic N) is 1. The maximum Gasteiger partial charge on any atom is 0.249 e. The Morgan fingerprint density at radius 3 is 2.75 bits per heavy atom. The van der Waals surface area contributed by atoms with E-state index in [0.29, 0.717) is 36.0 Å². The maximum atomic E-state index is 12.3. The predicted octanol–water partition coefficient (Wildman–Crippen LogP) is 4.16. The lowest BCUT2D eigenvalue weighted by Crippen LogP contribution is -2.50. The van der Waals surface area contributed by atoms with E-state index in [1.165, 1.54) is 0 Å². The summed E-state index contributed by atoms with van der Waals surface area (Å²) in [5, 5.41) is 3.40. The molecule has 2 aliphatic heterocycles. The number of hydrogen-bond acceptors (Lipinski definition) is 4. The lowest BCUT2D eigenvalue weighted by Gasteiger charge is -2.31. The van der Waals surface area contributed by atoms with Crippen molar-refractivity contribution >= 4 is 40.7 Å². The lowest BCUT2D eigenvalue weighted by atomic mass is 10.0. The fourth-order valence-corrected chi connectivity index (χ4v) is 3.94. The number of halogens is 2. The van der Waals surface area contributed by atoms with Crippen LogP contribution >= 0.6 is 23.2 Å². The number of ether oxygens (including phenoxy) is 1. The van der Waals surface area contributed by atoms with Gasteiger partial charge in [-0.15, -0.1) is 0 Å². The first-order chi connectivity index (χ1) is 13.4. The molecule has 0 saturated carbocycles. The van der Waals surface area contributed by atoms with Crippen LogP contribution in [0.15, 0.2) is 43.0 Å². The molecule has 5 nitrogen and oxygen atoms in total. The van der Waals surface area contributed by atoms with Crippen molar-refractivity contribution in [1.29, 1.82) is 0 Å². The van der Waals surface area contributed by atoms with Crippen LogP contribution in [0.25, 0.3) is 5.70 Å². The van der Waals surface area contributed by atoms with Crippen LogP contribution in [0.1, 0.15) is 29.5 Å². The van der Waals surface area contributed by atoms with E-state index in [9.17, 15) is 9.59 Å². The topological polar surface area (TPSA) is 58.6 Å². The molecule has 28 heavy (non-hydrogen) atoms. The zero-order valence-corrected chi connectivity index (χ0v) is 16.5. The molecule has 2 aliphatic rings. The van der Waals surface area contributed by atoms with Gasteiger partial charge in [-0.2, -0.15) is 0 Å². The van der Waals surface area contributed by atoms with Crippen molar-refractivity contribution in [3.63, 3.8) is 0 Å². The molecule has 7 heteroatoms. The van der Waals surface area contributed by atoms with Gasteiger partial charge in [0.25, 0.3) is 0 Å². The van der Waals surface area contributed by atoms with E-state index in [0.717, 1.165) is 28.1 Å². The molecule has 0 radical (unpaired) electrons. The number of nitrogens with one attached hydrogen (secondary N) is 1. The summed E-state index contributed by atoms with van der Waals surface area (Å²) in [6.45, 7) is 5.02. The van der Waals surface area contributed by atoms with Gasteiger partial charge in [-0.1, -0.05) is 48.0 Å². The molecule has 0 spiro atoms. The Hall–Kier alpha value is -2.50. The average Bonchev–Trinajstić information content (AvgIpc) is 3.00. The van der Waals surface area contributed by atoms with Gasteiger partial charge < -0.3 is 9.64 Å². The molecular formula is C21H18Cl2N2O3. The minimum Gasteiger partial charge on any atom is -0.489 e. The van der Waals surface area contributed by atoms with Gasteiger partial charge in [0.15, 0.2) is 0 Å². The Balaban J connectivity index is 1.53. The first-order valence-corrected chi connectivity index (χ1v) is 9.68. The van der Waals surface area contributed by atoms with E-state index in [1.54, 1.807) is 12.1 Å². The molecule has 0 bridgehead atoms. The van der Waals surface area contributed by atoms with E-state index in [2.05, 4.69) is 11.9 Å². The van der Waals surface area contributed by atoms with Crippen LogP contribution in [0.3, 0.4) is 0 Å². The summed E-state index contributed by atoms with van der Waals surface area (Å²) < 4.78 is 6.03. The zero-order chi connectivity index (χ0) is 19.8. The van der Waals surface area contributed by atoms with Crippen molar-refractivity contribution in [1.82, 2.24) is 10.2 Å². The van der Waals surface area contributed by atoms with Crippen molar-refractivity contribution in [2.75, 3.05) is 0 Å². The van der Waals surface area contributed by atoms with Gasteiger partial charge in [-0.25, -0.2) is 0 Å². The van der Waals surface area contributed by atoms with Crippen LogP contribution in [-0.2, 0) is 22.7 Å². The van der Waals surface area contributed by atoms with E-state index >= 15 is 0 Å². The lowest BCUT2D eigenvalue weighted by molar-refractivity contribution is -0.136. The van der Waals surface area contributed by atoms with Crippen molar-refractivity contribution in [2.45, 2.75) is 32.0 Å². The van der Waals surface area contributed by atoms with Gasteiger partial charge in [0.2, 0.25) is 11.8 Å². The summed E-state index contributed by atoms with van der Waals surface area (Å²) >= 11 is 12.0. The Morgan fingerprint density at radius 1 is 1.18 bits per heavy atom. The number of fused-ring (bicyclic) bond motifs is 1. The molecule has 2 aromatic carbocycles. The first kappa shape index (κ1) is 18.8. The fraction of sp³-hybridized carbons (Fsp3) is 0.238. The molecule has 1 N–H and O–H groups in total. The minimum absolute atomic E-state index is 0.228. The fourth-order valence-electron chi connectivity index (χ4n) is 3.62. The monoisotopic (exact) mass is 416 g/mol. The number of amides is 2. The molecule has 1 unspecified atom stereocenters. The molecule has 2 heterocycles. The highest BCUT2D eigenvalue weighted by Gasteiger charge is 2.37. The molecule has 1 saturated heterocycles. The quantitative estimate of drug-likeness (QED) is 0.759. The van der Waals surface area contributed by atoms with E-state index in [1.807, 2.05) is 29.2 Å². The van der Waals surface area contributed by atoms with Gasteiger partial charge >= 0.3 is 0 Å². The van der Waals surface area contributed by atoms with E-state index in [4.69, 9.17) is 27.9 Å². The zero-order valence-electron chi connectivity index (χ0n) is 15.0. The van der Waals surface area contributed by atoms with Gasteiger partial charge in [0.1, 0.15) is 18.4 Å². The summed E-state index contributed by atoms with van der Waals surface area (Å²) in [7, 11) is 0. The molecular weight excluding hydrogens is 399 g/mol. The van der Waals surface area contributed by atoms with E-state index in [-0.39, 0.29) is 11.8 Å². The number of carbonyl (C=O) groups is 2. The van der Waals surface area contributed by atoms with Crippen molar-refractivity contribution < 1.29 is 14.3 Å². The van der Waals surface area contributed by atoms with Crippen LogP contribution < -0.4 is 10.1 Å². The molecule has 2 aromatic rings.